The molecule has 0 saturated heterocycles. The fraction of sp³-hybridized carbons (Fsp3) is 0.0556. The molecule has 0 unspecified atom stereocenters. The molecule has 0 radical (unpaired) electrons. The van der Waals surface area contributed by atoms with Gasteiger partial charge in [0.1, 0.15) is 11.8 Å². The van der Waals surface area contributed by atoms with Gasteiger partial charge >= 0.3 is 0 Å². The van der Waals surface area contributed by atoms with Crippen LogP contribution in [0.5, 0.6) is 0 Å². The van der Waals surface area contributed by atoms with Gasteiger partial charge in [0.25, 0.3) is 5.56 Å². The minimum atomic E-state index is -0.266. The van der Waals surface area contributed by atoms with Crippen LogP contribution in [0.4, 0.5) is 0 Å². The van der Waals surface area contributed by atoms with Gasteiger partial charge in [-0.25, -0.2) is 0 Å². The summed E-state index contributed by atoms with van der Waals surface area (Å²) in [4.78, 5) is 25.6. The number of aryl methyl sites for hydroxylation is 1. The SMILES string of the molecule is Cc1cccc2c1-n1c(c(C#N)c3ccccc3c1=O)C2=O. The summed E-state index contributed by atoms with van der Waals surface area (Å²) in [6, 6.07) is 14.4. The number of carbonyl (C=O) groups excluding carboxylic acids is 1. The summed E-state index contributed by atoms with van der Waals surface area (Å²) < 4.78 is 1.40. The Balaban J connectivity index is 2.33. The van der Waals surface area contributed by atoms with Crippen molar-refractivity contribution in [3.8, 4) is 11.8 Å². The summed E-state index contributed by atoms with van der Waals surface area (Å²) in [7, 11) is 0. The second kappa shape index (κ2) is 4.15. The van der Waals surface area contributed by atoms with Crippen molar-refractivity contribution in [2.75, 3.05) is 0 Å². The number of hydrogen-bond acceptors (Lipinski definition) is 3. The number of ketones is 1. The Kier molecular flexibility index (Phi) is 2.37. The highest BCUT2D eigenvalue weighted by molar-refractivity contribution is 6.17. The molecular weight excluding hydrogens is 276 g/mol. The summed E-state index contributed by atoms with van der Waals surface area (Å²) in [5.41, 5.74) is 2.09. The topological polar surface area (TPSA) is 62.9 Å². The number of nitrogens with zero attached hydrogens (tertiary/aromatic N) is 2. The van der Waals surface area contributed by atoms with Crippen LogP contribution in [-0.4, -0.2) is 10.4 Å². The Bertz CT molecular complexity index is 1080. The van der Waals surface area contributed by atoms with Crippen molar-refractivity contribution in [1.29, 1.82) is 5.26 Å². The van der Waals surface area contributed by atoms with Gasteiger partial charge in [-0.3, -0.25) is 14.2 Å². The summed E-state index contributed by atoms with van der Waals surface area (Å²) in [6.07, 6.45) is 0. The van der Waals surface area contributed by atoms with Crippen molar-refractivity contribution in [3.05, 3.63) is 75.2 Å². The normalized spacial score (nSPS) is 12.1. The van der Waals surface area contributed by atoms with Crippen molar-refractivity contribution in [3.63, 3.8) is 0 Å². The highest BCUT2D eigenvalue weighted by atomic mass is 16.1. The van der Waals surface area contributed by atoms with E-state index in [1.807, 2.05) is 13.0 Å². The molecule has 1 aromatic heterocycles. The van der Waals surface area contributed by atoms with Gasteiger partial charge < -0.3 is 0 Å². The second-order valence-electron chi connectivity index (χ2n) is 5.32. The zero-order valence-corrected chi connectivity index (χ0v) is 11.8. The lowest BCUT2D eigenvalue weighted by Gasteiger charge is -2.10. The summed E-state index contributed by atoms with van der Waals surface area (Å²) >= 11 is 0. The standard InChI is InChI=1S/C18H10N2O2/c1-10-5-4-8-13-15(10)20-16(17(13)21)14(9-19)11-6-2-3-7-12(11)18(20)22/h2-8H,1H3. The second-order valence-corrected chi connectivity index (χ2v) is 5.32. The van der Waals surface area contributed by atoms with Gasteiger partial charge in [0.2, 0.25) is 5.78 Å². The lowest BCUT2D eigenvalue weighted by molar-refractivity contribution is 0.103. The highest BCUT2D eigenvalue weighted by Crippen LogP contribution is 2.32. The summed E-state index contributed by atoms with van der Waals surface area (Å²) in [5.74, 6) is -0.266. The molecule has 0 bridgehead atoms. The average Bonchev–Trinajstić information content (AvgIpc) is 2.84. The summed E-state index contributed by atoms with van der Waals surface area (Å²) in [5, 5.41) is 10.5. The monoisotopic (exact) mass is 286 g/mol. The van der Waals surface area contributed by atoms with Gasteiger partial charge in [-0.15, -0.1) is 0 Å². The quantitative estimate of drug-likeness (QED) is 0.499. The van der Waals surface area contributed by atoms with Crippen molar-refractivity contribution >= 4 is 16.6 Å². The third-order valence-electron chi connectivity index (χ3n) is 4.12. The zero-order chi connectivity index (χ0) is 15.4. The predicted molar refractivity (Wildman–Crippen MR) is 82.4 cm³/mol. The van der Waals surface area contributed by atoms with E-state index in [2.05, 4.69) is 6.07 Å². The van der Waals surface area contributed by atoms with Crippen molar-refractivity contribution in [2.45, 2.75) is 6.92 Å². The molecule has 2 heterocycles. The molecule has 0 aliphatic carbocycles. The number of aromatic nitrogens is 1. The Morgan fingerprint density at radius 1 is 1.00 bits per heavy atom. The Labute approximate surface area is 125 Å². The Hall–Kier alpha value is -3.19. The molecule has 22 heavy (non-hydrogen) atoms. The molecule has 2 aromatic carbocycles. The number of benzene rings is 2. The fourth-order valence-electron chi connectivity index (χ4n) is 3.16. The first-order valence-electron chi connectivity index (χ1n) is 6.87. The van der Waals surface area contributed by atoms with E-state index in [-0.39, 0.29) is 22.6 Å². The van der Waals surface area contributed by atoms with E-state index in [0.29, 0.717) is 22.0 Å². The minimum absolute atomic E-state index is 0.176. The number of hydrogen-bond donors (Lipinski definition) is 0. The number of pyridine rings is 1. The number of fused-ring (bicyclic) bond motifs is 4. The lowest BCUT2D eigenvalue weighted by atomic mass is 10.0. The van der Waals surface area contributed by atoms with E-state index in [1.165, 1.54) is 4.57 Å². The molecule has 1 aliphatic heterocycles. The first kappa shape index (κ1) is 12.5. The van der Waals surface area contributed by atoms with Crippen LogP contribution in [0.1, 0.15) is 27.2 Å². The van der Waals surface area contributed by atoms with E-state index in [9.17, 15) is 14.9 Å². The molecule has 0 amide bonds. The van der Waals surface area contributed by atoms with Crippen LogP contribution >= 0.6 is 0 Å². The maximum absolute atomic E-state index is 12.9. The number of rotatable bonds is 0. The van der Waals surface area contributed by atoms with Crippen LogP contribution in [0.3, 0.4) is 0 Å². The highest BCUT2D eigenvalue weighted by Gasteiger charge is 2.33. The molecule has 0 saturated carbocycles. The number of nitriles is 1. The predicted octanol–water partition coefficient (Wildman–Crippen LogP) is 2.72. The van der Waals surface area contributed by atoms with Crippen molar-refractivity contribution < 1.29 is 4.79 Å². The Morgan fingerprint density at radius 2 is 1.73 bits per heavy atom. The first-order chi connectivity index (χ1) is 10.6. The molecule has 4 rings (SSSR count). The Morgan fingerprint density at radius 3 is 2.45 bits per heavy atom. The molecule has 104 valence electrons. The third-order valence-corrected chi connectivity index (χ3v) is 4.12. The molecule has 4 heteroatoms. The minimum Gasteiger partial charge on any atom is -0.287 e. The number of carbonyl (C=O) groups is 1. The molecule has 1 aliphatic rings. The molecule has 3 aromatic rings. The zero-order valence-electron chi connectivity index (χ0n) is 11.8. The van der Waals surface area contributed by atoms with Crippen molar-refractivity contribution in [2.24, 2.45) is 0 Å². The van der Waals surface area contributed by atoms with Gasteiger partial charge in [-0.05, 0) is 24.6 Å². The first-order valence-corrected chi connectivity index (χ1v) is 6.87. The lowest BCUT2D eigenvalue weighted by Crippen LogP contribution is -2.22. The van der Waals surface area contributed by atoms with E-state index in [4.69, 9.17) is 0 Å². The van der Waals surface area contributed by atoms with Crippen LogP contribution < -0.4 is 5.56 Å². The molecule has 0 N–H and O–H groups in total. The molecular formula is C18H10N2O2. The van der Waals surface area contributed by atoms with Crippen LogP contribution in [0.15, 0.2) is 47.3 Å². The molecule has 0 spiro atoms. The summed E-state index contributed by atoms with van der Waals surface area (Å²) in [6.45, 7) is 1.86. The van der Waals surface area contributed by atoms with Gasteiger partial charge in [-0.2, -0.15) is 5.26 Å². The van der Waals surface area contributed by atoms with Crippen LogP contribution in [0, 0.1) is 18.3 Å². The number of para-hydroxylation sites is 1. The third kappa shape index (κ3) is 1.35. The van der Waals surface area contributed by atoms with E-state index < -0.39 is 0 Å². The van der Waals surface area contributed by atoms with E-state index >= 15 is 0 Å². The van der Waals surface area contributed by atoms with Crippen molar-refractivity contribution in [1.82, 2.24) is 4.57 Å². The largest absolute Gasteiger partial charge is 0.287 e. The van der Waals surface area contributed by atoms with Crippen LogP contribution in [0.2, 0.25) is 0 Å². The van der Waals surface area contributed by atoms with E-state index in [0.717, 1.165) is 5.56 Å². The van der Waals surface area contributed by atoms with Gasteiger partial charge in [-0.1, -0.05) is 30.3 Å². The maximum Gasteiger partial charge on any atom is 0.263 e. The molecule has 0 fully saturated rings. The van der Waals surface area contributed by atoms with Gasteiger partial charge in [0.05, 0.1) is 11.3 Å². The molecule has 4 nitrogen and oxygen atoms in total. The van der Waals surface area contributed by atoms with Gasteiger partial charge in [0, 0.05) is 16.3 Å². The van der Waals surface area contributed by atoms with Crippen LogP contribution in [-0.2, 0) is 0 Å². The smallest absolute Gasteiger partial charge is 0.263 e. The maximum atomic E-state index is 12.9. The molecule has 0 atom stereocenters. The van der Waals surface area contributed by atoms with E-state index in [1.54, 1.807) is 36.4 Å². The van der Waals surface area contributed by atoms with Crippen LogP contribution in [0.25, 0.3) is 16.5 Å². The van der Waals surface area contributed by atoms with Gasteiger partial charge in [0.15, 0.2) is 0 Å². The fourth-order valence-corrected chi connectivity index (χ4v) is 3.16. The average molecular weight is 286 g/mol.